The van der Waals surface area contributed by atoms with Gasteiger partial charge in [-0.1, -0.05) is 34.8 Å². The number of carbonyl (C=O) groups is 4. The van der Waals surface area contributed by atoms with Crippen LogP contribution < -0.4 is 41.4 Å². The molecule has 0 unspecified atom stereocenters. The molecule has 18 heteroatoms. The Kier molecular flexibility index (Phi) is 15.2. The van der Waals surface area contributed by atoms with Gasteiger partial charge in [0.15, 0.2) is 0 Å². The Labute approximate surface area is 358 Å². The second-order valence-corrected chi connectivity index (χ2v) is 13.7. The van der Waals surface area contributed by atoms with Crippen molar-refractivity contribution in [2.24, 2.45) is 0 Å². The minimum Gasteiger partial charge on any atom is -0.457 e. The SMILES string of the molecule is CNC(=O)c1cc(Oc2ccc(NC(=O)Nc3ccc(Cl)c(C)c3)c(Cl)c2)ccn1.CNC(=O)c1cc(Oc2ccc(NC(=O)Nc3ccc(F)c(C)c3)c(Cl)c2)ccn1. The van der Waals surface area contributed by atoms with E-state index in [9.17, 15) is 23.6 Å². The number of aromatic nitrogens is 2. The molecule has 0 atom stereocenters. The molecule has 2 heterocycles. The summed E-state index contributed by atoms with van der Waals surface area (Å²) in [4.78, 5) is 55.7. The smallest absolute Gasteiger partial charge is 0.323 e. The molecule has 0 fully saturated rings. The van der Waals surface area contributed by atoms with E-state index in [1.807, 2.05) is 6.92 Å². The van der Waals surface area contributed by atoms with Gasteiger partial charge in [0.05, 0.1) is 21.4 Å². The molecule has 4 aromatic carbocycles. The monoisotopic (exact) mass is 872 g/mol. The molecule has 6 aromatic rings. The molecular formula is C42H36Cl3FN8O6. The summed E-state index contributed by atoms with van der Waals surface area (Å²) in [5.74, 6) is 0.681. The number of ether oxygens (including phenoxy) is 2. The molecule has 0 saturated heterocycles. The summed E-state index contributed by atoms with van der Waals surface area (Å²) in [7, 11) is 3.03. The maximum Gasteiger partial charge on any atom is 0.323 e. The molecule has 6 amide bonds. The summed E-state index contributed by atoms with van der Waals surface area (Å²) >= 11 is 18.5. The molecule has 0 aliphatic heterocycles. The minimum absolute atomic E-state index is 0.215. The van der Waals surface area contributed by atoms with Crippen molar-refractivity contribution in [2.45, 2.75) is 13.8 Å². The predicted molar refractivity (Wildman–Crippen MR) is 231 cm³/mol. The Morgan fingerprint density at radius 3 is 1.37 bits per heavy atom. The van der Waals surface area contributed by atoms with Crippen LogP contribution in [0.5, 0.6) is 23.0 Å². The third kappa shape index (κ3) is 12.5. The van der Waals surface area contributed by atoms with E-state index in [4.69, 9.17) is 44.3 Å². The number of carbonyl (C=O) groups excluding carboxylic acids is 4. The molecule has 6 rings (SSSR count). The quantitative estimate of drug-likeness (QED) is 0.0785. The molecule has 308 valence electrons. The van der Waals surface area contributed by atoms with Gasteiger partial charge in [-0.15, -0.1) is 0 Å². The van der Waals surface area contributed by atoms with Crippen molar-refractivity contribution in [2.75, 3.05) is 35.4 Å². The number of urea groups is 2. The van der Waals surface area contributed by atoms with Gasteiger partial charge in [0.1, 0.15) is 40.2 Å². The average Bonchev–Trinajstić information content (AvgIpc) is 3.22. The number of amides is 6. The van der Waals surface area contributed by atoms with Crippen LogP contribution in [-0.4, -0.2) is 47.9 Å². The molecule has 0 spiro atoms. The van der Waals surface area contributed by atoms with Crippen LogP contribution in [0, 0.1) is 19.7 Å². The molecule has 14 nitrogen and oxygen atoms in total. The molecule has 0 aliphatic carbocycles. The summed E-state index contributed by atoms with van der Waals surface area (Å²) in [5, 5.41) is 16.8. The highest BCUT2D eigenvalue weighted by Gasteiger charge is 2.13. The molecule has 0 aliphatic rings. The summed E-state index contributed by atoms with van der Waals surface area (Å²) in [6.45, 7) is 3.45. The van der Waals surface area contributed by atoms with Gasteiger partial charge in [0.2, 0.25) is 0 Å². The molecule has 0 saturated carbocycles. The third-order valence-corrected chi connectivity index (χ3v) is 9.11. The Hall–Kier alpha value is -6.94. The van der Waals surface area contributed by atoms with E-state index in [1.165, 1.54) is 62.9 Å². The maximum absolute atomic E-state index is 13.3. The van der Waals surface area contributed by atoms with E-state index >= 15 is 0 Å². The lowest BCUT2D eigenvalue weighted by molar-refractivity contribution is 0.0950. The molecule has 60 heavy (non-hydrogen) atoms. The lowest BCUT2D eigenvalue weighted by Crippen LogP contribution is -2.19. The van der Waals surface area contributed by atoms with Gasteiger partial charge in [-0.3, -0.25) is 19.6 Å². The number of hydrogen-bond acceptors (Lipinski definition) is 8. The summed E-state index contributed by atoms with van der Waals surface area (Å²) < 4.78 is 24.8. The standard InChI is InChI=1S/C21H18Cl2N4O3.C21H18ClFN4O3/c1-12-9-13(3-5-16(12)22)26-21(29)27-18-6-4-14(10-17(18)23)30-15-7-8-25-19(11-15)20(28)24-2;1-12-9-13(3-5-17(12)23)26-21(29)27-18-6-4-14(10-16(18)22)30-15-7-8-25-19(11-15)20(28)24-2/h2*3-11H,1-2H3,(H,24,28)(H2,26,27,29). The van der Waals surface area contributed by atoms with Gasteiger partial charge in [-0.25, -0.2) is 14.0 Å². The van der Waals surface area contributed by atoms with E-state index in [0.29, 0.717) is 56.3 Å². The van der Waals surface area contributed by atoms with Crippen molar-refractivity contribution in [1.82, 2.24) is 20.6 Å². The molecule has 2 aromatic heterocycles. The Morgan fingerprint density at radius 2 is 0.950 bits per heavy atom. The van der Waals surface area contributed by atoms with Crippen molar-refractivity contribution >= 4 is 81.4 Å². The number of nitrogens with one attached hydrogen (secondary N) is 6. The molecule has 0 radical (unpaired) electrons. The number of hydrogen-bond donors (Lipinski definition) is 6. The maximum atomic E-state index is 13.3. The van der Waals surface area contributed by atoms with Crippen LogP contribution in [0.2, 0.25) is 15.1 Å². The van der Waals surface area contributed by atoms with Crippen molar-refractivity contribution in [3.63, 3.8) is 0 Å². The van der Waals surface area contributed by atoms with E-state index in [-0.39, 0.29) is 39.1 Å². The summed E-state index contributed by atoms with van der Waals surface area (Å²) in [6.07, 6.45) is 2.93. The third-order valence-electron chi connectivity index (χ3n) is 8.06. The highest BCUT2D eigenvalue weighted by Crippen LogP contribution is 2.32. The first-order valence-electron chi connectivity index (χ1n) is 17.7. The van der Waals surface area contributed by atoms with E-state index in [2.05, 4.69) is 41.9 Å². The summed E-state index contributed by atoms with van der Waals surface area (Å²) in [5.41, 5.74) is 3.55. The van der Waals surface area contributed by atoms with Gasteiger partial charge in [-0.05, 0) is 97.8 Å². The zero-order valence-electron chi connectivity index (χ0n) is 32.2. The van der Waals surface area contributed by atoms with E-state index in [1.54, 1.807) is 67.6 Å². The van der Waals surface area contributed by atoms with Gasteiger partial charge >= 0.3 is 12.1 Å². The van der Waals surface area contributed by atoms with Crippen molar-refractivity contribution in [1.29, 1.82) is 0 Å². The van der Waals surface area contributed by atoms with Crippen LogP contribution in [0.4, 0.5) is 36.7 Å². The topological polar surface area (TPSA) is 185 Å². The van der Waals surface area contributed by atoms with Crippen LogP contribution in [0.25, 0.3) is 0 Å². The number of nitrogens with zero attached hydrogens (tertiary/aromatic N) is 2. The lowest BCUT2D eigenvalue weighted by Gasteiger charge is -2.12. The normalized spacial score (nSPS) is 10.3. The highest BCUT2D eigenvalue weighted by atomic mass is 35.5. The Bertz CT molecular complexity index is 2390. The van der Waals surface area contributed by atoms with Crippen LogP contribution >= 0.6 is 34.8 Å². The second kappa shape index (κ2) is 20.7. The summed E-state index contributed by atoms with van der Waals surface area (Å²) in [6, 6.07) is 24.2. The fourth-order valence-electron chi connectivity index (χ4n) is 5.06. The Balaban J connectivity index is 0.000000228. The van der Waals surface area contributed by atoms with Gasteiger partial charge in [0, 0.05) is 67.2 Å². The highest BCUT2D eigenvalue weighted by molar-refractivity contribution is 6.34. The number of aryl methyl sites for hydroxylation is 2. The van der Waals surface area contributed by atoms with Crippen molar-refractivity contribution in [3.8, 4) is 23.0 Å². The largest absolute Gasteiger partial charge is 0.457 e. The fourth-order valence-corrected chi connectivity index (χ4v) is 5.61. The van der Waals surface area contributed by atoms with Gasteiger partial charge < -0.3 is 41.4 Å². The molecule has 6 N–H and O–H groups in total. The van der Waals surface area contributed by atoms with Gasteiger partial charge in [0.25, 0.3) is 11.8 Å². The first kappa shape index (κ1) is 44.2. The number of halogens is 4. The van der Waals surface area contributed by atoms with Crippen LogP contribution in [0.3, 0.4) is 0 Å². The molecular weight excluding hydrogens is 838 g/mol. The van der Waals surface area contributed by atoms with E-state index in [0.717, 1.165) is 5.56 Å². The average molecular weight is 874 g/mol. The first-order chi connectivity index (χ1) is 28.7. The van der Waals surface area contributed by atoms with Crippen molar-refractivity contribution < 1.29 is 33.0 Å². The minimum atomic E-state index is -0.527. The van der Waals surface area contributed by atoms with Crippen LogP contribution in [0.1, 0.15) is 32.1 Å². The van der Waals surface area contributed by atoms with Crippen LogP contribution in [-0.2, 0) is 0 Å². The number of rotatable bonds is 10. The zero-order chi connectivity index (χ0) is 43.3. The lowest BCUT2D eigenvalue weighted by atomic mass is 10.2. The first-order valence-corrected chi connectivity index (χ1v) is 18.8. The fraction of sp³-hybridized carbons (Fsp3) is 0.0952. The van der Waals surface area contributed by atoms with Crippen LogP contribution in [0.15, 0.2) is 109 Å². The number of benzene rings is 4. The molecule has 0 bridgehead atoms. The number of anilines is 4. The van der Waals surface area contributed by atoms with Crippen molar-refractivity contribution in [3.05, 3.63) is 153 Å². The van der Waals surface area contributed by atoms with Gasteiger partial charge in [-0.2, -0.15) is 0 Å². The zero-order valence-corrected chi connectivity index (χ0v) is 34.5. The second-order valence-electron chi connectivity index (χ2n) is 12.5. The number of pyridine rings is 2. The predicted octanol–water partition coefficient (Wildman–Crippen LogP) is 10.5. The Morgan fingerprint density at radius 1 is 0.517 bits per heavy atom. The van der Waals surface area contributed by atoms with E-state index < -0.39 is 12.1 Å².